The Labute approximate surface area is 399 Å². The van der Waals surface area contributed by atoms with E-state index >= 15 is 0 Å². The third-order valence-corrected chi connectivity index (χ3v) is 12.5. The van der Waals surface area contributed by atoms with Gasteiger partial charge < -0.3 is 125 Å². The maximum Gasteiger partial charge on any atom is 0.227 e. The van der Waals surface area contributed by atoms with Gasteiger partial charge in [-0.1, -0.05) is 0 Å². The third kappa shape index (κ3) is 12.1. The summed E-state index contributed by atoms with van der Waals surface area (Å²) in [5, 5.41) is 130. The first-order valence-electron chi connectivity index (χ1n) is 22.5. The minimum absolute atomic E-state index is 0.195. The van der Waals surface area contributed by atoms with Crippen molar-refractivity contribution in [3.8, 4) is 0 Å². The van der Waals surface area contributed by atoms with Crippen molar-refractivity contribution in [1.82, 2.24) is 21.3 Å². The van der Waals surface area contributed by atoms with Crippen LogP contribution < -0.4 is 21.3 Å². The lowest BCUT2D eigenvalue weighted by Crippen LogP contribution is -2.72. The number of nitrogens with one attached hydrogen (secondary N) is 4. The van der Waals surface area contributed by atoms with E-state index in [1.54, 1.807) is 0 Å². The van der Waals surface area contributed by atoms with E-state index in [0.29, 0.717) is 0 Å². The van der Waals surface area contributed by atoms with E-state index in [9.17, 15) is 75.3 Å². The molecule has 5 fully saturated rings. The number of hydrogen-bond donors (Lipinski definition) is 15. The molecule has 0 radical (unpaired) electrons. The fraction of sp³-hybridized carbons (Fsp3) is 0.875. The SMILES string of the molecule is CC(=O)N[C@H]1[C@H](O[C@H]2[C@H](O)[C@H]3N=C(C)O[C@H]3O[C@@H]2CO)O[C@H](CO)[C@@H](O[C@@H]2O[C@H](CO)[C@@H](O[C@@H]3O[C@H](CO)[C@@H](O[C@@H]4O[C@H](CO)[C@@H](O)[C@H](O)[C@H]4NC(C)=O)[C@H](O)[C@H]3NC(C)=O)[C@H](O)[C@H]2NC(C)=O)[C@@H]1O. The highest BCUT2D eigenvalue weighted by atomic mass is 16.8. The number of ether oxygens (including phenoxy) is 10. The normalized spacial score (nSPS) is 45.1. The Morgan fingerprint density at radius 1 is 0.443 bits per heavy atom. The van der Waals surface area contributed by atoms with Crippen LogP contribution in [0.3, 0.4) is 0 Å². The highest BCUT2D eigenvalue weighted by Gasteiger charge is 2.58. The molecule has 6 rings (SSSR count). The van der Waals surface area contributed by atoms with E-state index in [0.717, 1.165) is 27.7 Å². The Morgan fingerprint density at radius 3 is 1.04 bits per heavy atom. The van der Waals surface area contributed by atoms with E-state index < -0.39 is 210 Å². The average molecular weight is 1020 g/mol. The summed E-state index contributed by atoms with van der Waals surface area (Å²) in [4.78, 5) is 54.0. The molecule has 0 aromatic carbocycles. The smallest absolute Gasteiger partial charge is 0.227 e. The Balaban J connectivity index is 1.22. The van der Waals surface area contributed by atoms with Gasteiger partial charge in [0.1, 0.15) is 122 Å². The maximum absolute atomic E-state index is 12.7. The molecule has 30 nitrogen and oxygen atoms in total. The molecule has 0 aromatic rings. The van der Waals surface area contributed by atoms with E-state index in [-0.39, 0.29) is 5.90 Å². The van der Waals surface area contributed by atoms with Crippen molar-refractivity contribution < 1.29 is 123 Å². The highest BCUT2D eigenvalue weighted by Crippen LogP contribution is 2.37. The Bertz CT molecular complexity index is 1820. The van der Waals surface area contributed by atoms with Crippen LogP contribution in [0.25, 0.3) is 0 Å². The average Bonchev–Trinajstić information content (AvgIpc) is 3.69. The van der Waals surface area contributed by atoms with Gasteiger partial charge in [-0.05, 0) is 0 Å². The molecule has 15 N–H and O–H groups in total. The van der Waals surface area contributed by atoms with Crippen LogP contribution in [0.5, 0.6) is 0 Å². The molecule has 0 spiro atoms. The number of carbonyl (C=O) groups is 4. The summed E-state index contributed by atoms with van der Waals surface area (Å²) in [7, 11) is 0. The molecule has 6 aliphatic heterocycles. The number of nitrogens with zero attached hydrogens (tertiary/aromatic N) is 1. The predicted molar refractivity (Wildman–Crippen MR) is 223 cm³/mol. The molecule has 0 aromatic heterocycles. The van der Waals surface area contributed by atoms with Crippen LogP contribution in [0, 0.1) is 0 Å². The van der Waals surface area contributed by atoms with Gasteiger partial charge in [0.05, 0.1) is 33.0 Å². The van der Waals surface area contributed by atoms with E-state index in [1.165, 1.54) is 6.92 Å². The molecule has 25 atom stereocenters. The quantitative estimate of drug-likeness (QED) is 0.0643. The molecule has 0 aliphatic carbocycles. The van der Waals surface area contributed by atoms with Crippen LogP contribution in [-0.2, 0) is 66.5 Å². The van der Waals surface area contributed by atoms with E-state index in [4.69, 9.17) is 47.4 Å². The number of hydrogen-bond acceptors (Lipinski definition) is 26. The Morgan fingerprint density at radius 2 is 0.729 bits per heavy atom. The number of aliphatic imine (C=N–C) groups is 1. The van der Waals surface area contributed by atoms with Gasteiger partial charge in [0.25, 0.3) is 0 Å². The summed E-state index contributed by atoms with van der Waals surface area (Å²) in [6, 6.07) is -7.39. The topological polar surface area (TPSA) is 444 Å². The lowest BCUT2D eigenvalue weighted by molar-refractivity contribution is -0.366. The van der Waals surface area contributed by atoms with Gasteiger partial charge in [-0.25, -0.2) is 4.99 Å². The monoisotopic (exact) mass is 1020 g/mol. The number of aliphatic hydroxyl groups excluding tert-OH is 11. The van der Waals surface area contributed by atoms with Gasteiger partial charge in [0.15, 0.2) is 31.1 Å². The summed E-state index contributed by atoms with van der Waals surface area (Å²) in [6.07, 6.45) is -32.9. The molecule has 5 saturated heterocycles. The zero-order valence-corrected chi connectivity index (χ0v) is 38.6. The lowest BCUT2D eigenvalue weighted by Gasteiger charge is -2.51. The largest absolute Gasteiger partial charge is 0.450 e. The number of fused-ring (bicyclic) bond motifs is 1. The van der Waals surface area contributed by atoms with Crippen molar-refractivity contribution in [1.29, 1.82) is 0 Å². The number of rotatable bonds is 17. The van der Waals surface area contributed by atoms with Crippen molar-refractivity contribution in [3.05, 3.63) is 0 Å². The molecule has 6 aliphatic rings. The number of amides is 4. The number of aliphatic hydroxyl groups is 11. The number of carbonyl (C=O) groups excluding carboxylic acids is 4. The second kappa shape index (κ2) is 24.1. The zero-order valence-electron chi connectivity index (χ0n) is 38.6. The predicted octanol–water partition coefficient (Wildman–Crippen LogP) is -9.89. The van der Waals surface area contributed by atoms with Gasteiger partial charge in [-0.3, -0.25) is 19.2 Å². The third-order valence-electron chi connectivity index (χ3n) is 12.5. The molecule has 400 valence electrons. The van der Waals surface area contributed by atoms with E-state index in [1.807, 2.05) is 0 Å². The van der Waals surface area contributed by atoms with Crippen LogP contribution in [-0.4, -0.2) is 272 Å². The summed E-state index contributed by atoms with van der Waals surface area (Å²) >= 11 is 0. The van der Waals surface area contributed by atoms with Gasteiger partial charge in [-0.2, -0.15) is 0 Å². The van der Waals surface area contributed by atoms with Crippen LogP contribution >= 0.6 is 0 Å². The summed E-state index contributed by atoms with van der Waals surface area (Å²) in [5.74, 6) is -2.77. The first-order chi connectivity index (χ1) is 33.2. The second-order valence-corrected chi connectivity index (χ2v) is 17.6. The van der Waals surface area contributed by atoms with Gasteiger partial charge in [0, 0.05) is 34.6 Å². The van der Waals surface area contributed by atoms with Crippen molar-refractivity contribution in [2.75, 3.05) is 33.0 Å². The molecule has 70 heavy (non-hydrogen) atoms. The van der Waals surface area contributed by atoms with Gasteiger partial charge in [-0.15, -0.1) is 0 Å². The minimum atomic E-state index is -1.97. The van der Waals surface area contributed by atoms with Crippen LogP contribution in [0.15, 0.2) is 4.99 Å². The first-order valence-corrected chi connectivity index (χ1v) is 22.5. The van der Waals surface area contributed by atoms with Crippen LogP contribution in [0.2, 0.25) is 0 Å². The van der Waals surface area contributed by atoms with Crippen LogP contribution in [0.4, 0.5) is 0 Å². The van der Waals surface area contributed by atoms with Crippen molar-refractivity contribution in [2.45, 2.75) is 188 Å². The molecule has 0 saturated carbocycles. The van der Waals surface area contributed by atoms with E-state index in [2.05, 4.69) is 26.3 Å². The summed E-state index contributed by atoms with van der Waals surface area (Å²) in [6.45, 7) is 1.50. The first kappa shape index (κ1) is 55.9. The van der Waals surface area contributed by atoms with Crippen molar-refractivity contribution in [2.24, 2.45) is 4.99 Å². The molecule has 0 bridgehead atoms. The minimum Gasteiger partial charge on any atom is -0.450 e. The zero-order chi connectivity index (χ0) is 51.5. The highest BCUT2D eigenvalue weighted by molar-refractivity contribution is 5.75. The fourth-order valence-electron chi connectivity index (χ4n) is 9.29. The van der Waals surface area contributed by atoms with Crippen molar-refractivity contribution >= 4 is 29.5 Å². The molecular weight excluding hydrogens is 950 g/mol. The maximum atomic E-state index is 12.7. The second-order valence-electron chi connectivity index (χ2n) is 17.6. The summed E-state index contributed by atoms with van der Waals surface area (Å²) in [5.41, 5.74) is 0. The molecule has 4 amide bonds. The van der Waals surface area contributed by atoms with Crippen LogP contribution in [0.1, 0.15) is 34.6 Å². The Kier molecular flexibility index (Phi) is 19.2. The lowest BCUT2D eigenvalue weighted by atomic mass is 9.93. The molecular formula is C40H65N5O25. The standard InChI is InChI=1S/C40H65N5O25/c1-11(51)41-21-27(56)26(55)16(6-46)62-37(21)67-32-18(8-48)64-38(22(28(32)57)42-12(2)52)68-33-19(9-49)65-39(23(29(33)58)43-13(3)53)69-34-20(10-50)66-40(24(30(34)59)44-14(4)54)70-35-17(7-47)63-36-25(31(35)60)45-15(5)61-36/h16-40,46-50,55-60H,6-10H2,1-5H3,(H,41,51)(H,42,52)(H,43,53)(H,44,54)/t16-,17-,18-,19-,20-,21-,22-,23-,24-,25-,26-,27-,28-,29-,30-,31-,32-,33-,34-,35-,36+,37+,38+,39+,40+/m1/s1. The Hall–Kier alpha value is -3.45. The van der Waals surface area contributed by atoms with Gasteiger partial charge in [0.2, 0.25) is 29.9 Å². The molecule has 0 unspecified atom stereocenters. The molecule has 30 heteroatoms. The van der Waals surface area contributed by atoms with Crippen molar-refractivity contribution in [3.63, 3.8) is 0 Å². The summed E-state index contributed by atoms with van der Waals surface area (Å²) < 4.78 is 59.1. The fourth-order valence-corrected chi connectivity index (χ4v) is 9.29. The molecule has 6 heterocycles. The van der Waals surface area contributed by atoms with Gasteiger partial charge >= 0.3 is 0 Å².